The van der Waals surface area contributed by atoms with E-state index in [0.29, 0.717) is 5.82 Å². The summed E-state index contributed by atoms with van der Waals surface area (Å²) in [5.41, 5.74) is 7.71. The molecule has 2 aromatic heterocycles. The van der Waals surface area contributed by atoms with Crippen LogP contribution in [0.1, 0.15) is 52.3 Å². The van der Waals surface area contributed by atoms with Gasteiger partial charge in [0.05, 0.1) is 18.1 Å². The van der Waals surface area contributed by atoms with Crippen LogP contribution in [0, 0.1) is 6.92 Å². The Morgan fingerprint density at radius 3 is 2.40 bits per heavy atom. The van der Waals surface area contributed by atoms with Gasteiger partial charge in [-0.1, -0.05) is 13.8 Å². The highest BCUT2D eigenvalue weighted by molar-refractivity contribution is 5.89. The Morgan fingerprint density at radius 1 is 1.28 bits per heavy atom. The maximum absolute atomic E-state index is 9.11. The molecule has 1 aliphatic rings. The summed E-state index contributed by atoms with van der Waals surface area (Å²) in [5.74, 6) is -1.01. The Kier molecular flexibility index (Phi) is 7.75. The van der Waals surface area contributed by atoms with Gasteiger partial charge < -0.3 is 30.4 Å². The maximum Gasteiger partial charge on any atom is 0.156 e. The number of aryl methyl sites for hydroxylation is 1. The molecule has 8 nitrogen and oxygen atoms in total. The number of hydrogen-bond acceptors (Lipinski definition) is 7. The number of aliphatic hydroxyl groups is 3. The van der Waals surface area contributed by atoms with Crippen molar-refractivity contribution in [3.05, 3.63) is 18.1 Å². The summed E-state index contributed by atoms with van der Waals surface area (Å²) < 4.78 is 7.75. The second kappa shape index (κ2) is 9.10. The molecule has 3 heterocycles. The van der Waals surface area contributed by atoms with E-state index in [1.807, 2.05) is 31.5 Å². The summed E-state index contributed by atoms with van der Waals surface area (Å²) in [7, 11) is 0. The number of anilines is 1. The molecule has 2 unspecified atom stereocenters. The van der Waals surface area contributed by atoms with Gasteiger partial charge in [-0.2, -0.15) is 0 Å². The van der Waals surface area contributed by atoms with Crippen LogP contribution < -0.4 is 5.73 Å². The topological polar surface area (TPSA) is 127 Å². The van der Waals surface area contributed by atoms with Crippen LogP contribution in [0.25, 0.3) is 11.0 Å². The predicted octanol–water partition coefficient (Wildman–Crippen LogP) is 1.73. The predicted molar refractivity (Wildman–Crippen MR) is 96.8 cm³/mol. The second-order valence-electron chi connectivity index (χ2n) is 6.14. The van der Waals surface area contributed by atoms with Crippen molar-refractivity contribution in [2.24, 2.45) is 0 Å². The van der Waals surface area contributed by atoms with Gasteiger partial charge in [-0.25, -0.2) is 9.97 Å². The largest absolute Gasteiger partial charge is 0.394 e. The van der Waals surface area contributed by atoms with Gasteiger partial charge in [0.1, 0.15) is 24.0 Å². The fourth-order valence-corrected chi connectivity index (χ4v) is 2.54. The van der Waals surface area contributed by atoms with Crippen LogP contribution in [0.4, 0.5) is 5.82 Å². The zero-order chi connectivity index (χ0) is 19.2. The summed E-state index contributed by atoms with van der Waals surface area (Å²) in [6.07, 6.45) is 5.03. The van der Waals surface area contributed by atoms with E-state index < -0.39 is 5.79 Å². The molecule has 25 heavy (non-hydrogen) atoms. The summed E-state index contributed by atoms with van der Waals surface area (Å²) >= 11 is 0. The SMILES string of the molecule is CC.CC(C)(O)O.Cc1cn(C2CCC(CO)O2)c2ncnc(N)c12. The van der Waals surface area contributed by atoms with Crippen LogP contribution in [0.15, 0.2) is 12.5 Å². The molecular formula is C17H30N4O4. The van der Waals surface area contributed by atoms with Crippen molar-refractivity contribution in [3.8, 4) is 0 Å². The van der Waals surface area contributed by atoms with Gasteiger partial charge in [-0.15, -0.1) is 0 Å². The van der Waals surface area contributed by atoms with E-state index in [-0.39, 0.29) is 18.9 Å². The Balaban J connectivity index is 0.000000388. The normalized spacial score (nSPS) is 19.8. The fourth-order valence-electron chi connectivity index (χ4n) is 2.54. The van der Waals surface area contributed by atoms with Gasteiger partial charge in [-0.05, 0) is 39.2 Å². The van der Waals surface area contributed by atoms with Crippen molar-refractivity contribution >= 4 is 16.9 Å². The zero-order valence-corrected chi connectivity index (χ0v) is 15.6. The van der Waals surface area contributed by atoms with Crippen molar-refractivity contribution in [2.45, 2.75) is 65.6 Å². The molecule has 0 amide bonds. The Labute approximate surface area is 148 Å². The van der Waals surface area contributed by atoms with Gasteiger partial charge in [0.15, 0.2) is 5.79 Å². The molecule has 3 rings (SSSR count). The minimum atomic E-state index is -1.50. The van der Waals surface area contributed by atoms with Gasteiger partial charge in [-0.3, -0.25) is 0 Å². The minimum Gasteiger partial charge on any atom is -0.394 e. The number of aliphatic hydroxyl groups excluding tert-OH is 1. The van der Waals surface area contributed by atoms with Crippen LogP contribution in [0.5, 0.6) is 0 Å². The summed E-state index contributed by atoms with van der Waals surface area (Å²) in [6, 6.07) is 0. The molecule has 0 aromatic carbocycles. The Morgan fingerprint density at radius 2 is 1.88 bits per heavy atom. The van der Waals surface area contributed by atoms with Crippen molar-refractivity contribution in [2.75, 3.05) is 12.3 Å². The monoisotopic (exact) mass is 354 g/mol. The molecule has 0 aliphatic carbocycles. The molecule has 5 N–H and O–H groups in total. The number of nitrogen functional groups attached to an aromatic ring is 1. The van der Waals surface area contributed by atoms with Crippen molar-refractivity contribution in [3.63, 3.8) is 0 Å². The van der Waals surface area contributed by atoms with E-state index in [0.717, 1.165) is 29.4 Å². The van der Waals surface area contributed by atoms with E-state index in [2.05, 4.69) is 9.97 Å². The van der Waals surface area contributed by atoms with Gasteiger partial charge in [0.25, 0.3) is 0 Å². The Hall–Kier alpha value is -1.74. The van der Waals surface area contributed by atoms with Gasteiger partial charge >= 0.3 is 0 Å². The number of nitrogens with zero attached hydrogens (tertiary/aromatic N) is 3. The van der Waals surface area contributed by atoms with Gasteiger partial charge in [0, 0.05) is 6.20 Å². The molecule has 8 heteroatoms. The first-order chi connectivity index (χ1) is 11.7. The molecule has 0 spiro atoms. The van der Waals surface area contributed by atoms with Crippen LogP contribution in [0.3, 0.4) is 0 Å². The van der Waals surface area contributed by atoms with E-state index >= 15 is 0 Å². The number of nitrogens with two attached hydrogens (primary N) is 1. The molecule has 0 radical (unpaired) electrons. The molecular weight excluding hydrogens is 324 g/mol. The van der Waals surface area contributed by atoms with Gasteiger partial charge in [0.2, 0.25) is 0 Å². The first-order valence-corrected chi connectivity index (χ1v) is 8.49. The van der Waals surface area contributed by atoms with E-state index in [1.165, 1.54) is 20.2 Å². The highest BCUT2D eigenvalue weighted by atomic mass is 16.5. The third kappa shape index (κ3) is 5.93. The summed E-state index contributed by atoms with van der Waals surface area (Å²) in [4.78, 5) is 8.30. The molecule has 142 valence electrons. The summed E-state index contributed by atoms with van der Waals surface area (Å²) in [6.45, 7) is 8.64. The molecule has 2 atom stereocenters. The first-order valence-electron chi connectivity index (χ1n) is 8.49. The van der Waals surface area contributed by atoms with Crippen LogP contribution >= 0.6 is 0 Å². The van der Waals surface area contributed by atoms with E-state index in [4.69, 9.17) is 25.8 Å². The van der Waals surface area contributed by atoms with E-state index in [1.54, 1.807) is 0 Å². The molecule has 1 saturated heterocycles. The quantitative estimate of drug-likeness (QED) is 0.605. The highest BCUT2D eigenvalue weighted by Crippen LogP contribution is 2.33. The lowest BCUT2D eigenvalue weighted by molar-refractivity contribution is -0.127. The standard InChI is InChI=1S/C12H16N4O2.C3H8O2.C2H6/c1-7-4-16(9-3-2-8(5-17)18-9)12-10(7)11(13)14-6-15-12;1-3(2,4)5;1-2/h4,6,8-9,17H,2-3,5H2,1H3,(H2,13,14,15);4-5H,1-2H3;1-2H3. The maximum atomic E-state index is 9.11. The third-order valence-corrected chi connectivity index (χ3v) is 3.43. The molecule has 1 aliphatic heterocycles. The third-order valence-electron chi connectivity index (χ3n) is 3.43. The lowest BCUT2D eigenvalue weighted by Crippen LogP contribution is -2.15. The lowest BCUT2D eigenvalue weighted by atomic mass is 10.2. The number of hydrogen-bond donors (Lipinski definition) is 4. The molecule has 1 fully saturated rings. The number of ether oxygens (including phenoxy) is 1. The number of rotatable bonds is 2. The average Bonchev–Trinajstić information content (AvgIpc) is 3.13. The van der Waals surface area contributed by atoms with Crippen molar-refractivity contribution < 1.29 is 20.1 Å². The zero-order valence-electron chi connectivity index (χ0n) is 15.6. The highest BCUT2D eigenvalue weighted by Gasteiger charge is 2.27. The van der Waals surface area contributed by atoms with Crippen LogP contribution in [-0.4, -0.2) is 48.4 Å². The summed E-state index contributed by atoms with van der Waals surface area (Å²) in [5, 5.41) is 26.1. The number of fused-ring (bicyclic) bond motifs is 1. The molecule has 0 bridgehead atoms. The molecule has 0 saturated carbocycles. The second-order valence-corrected chi connectivity index (χ2v) is 6.14. The number of aromatic nitrogens is 3. The minimum absolute atomic E-state index is 0.0613. The average molecular weight is 354 g/mol. The Bertz CT molecular complexity index is 660. The first kappa shape index (κ1) is 21.3. The van der Waals surface area contributed by atoms with E-state index in [9.17, 15) is 0 Å². The van der Waals surface area contributed by atoms with Crippen LogP contribution in [-0.2, 0) is 4.74 Å². The smallest absolute Gasteiger partial charge is 0.156 e. The van der Waals surface area contributed by atoms with Crippen LogP contribution in [0.2, 0.25) is 0 Å². The lowest BCUT2D eigenvalue weighted by Gasteiger charge is -2.14. The van der Waals surface area contributed by atoms with Crippen molar-refractivity contribution in [1.29, 1.82) is 0 Å². The fraction of sp³-hybridized carbons (Fsp3) is 0.647. The molecule has 2 aromatic rings. The van der Waals surface area contributed by atoms with Crippen molar-refractivity contribution in [1.82, 2.24) is 14.5 Å².